The molecule has 2 atom stereocenters. The van der Waals surface area contributed by atoms with Gasteiger partial charge in [0.1, 0.15) is 0 Å². The van der Waals surface area contributed by atoms with Crippen LogP contribution < -0.4 is 0 Å². The summed E-state index contributed by atoms with van der Waals surface area (Å²) < 4.78 is 27.1. The fraction of sp³-hybridized carbons (Fsp3) is 0.900. The van der Waals surface area contributed by atoms with Crippen molar-refractivity contribution in [2.24, 2.45) is 0 Å². The minimum Gasteiger partial charge on any atom is -0.467 e. The molecule has 0 aliphatic carbocycles. The van der Waals surface area contributed by atoms with Crippen LogP contribution in [0.3, 0.4) is 0 Å². The van der Waals surface area contributed by atoms with E-state index in [1.54, 1.807) is 11.9 Å². The molecule has 0 bridgehead atoms. The number of methoxy groups -OCH3 is 1. The number of carbonyl (C=O) groups is 1. The maximum Gasteiger partial charge on any atom is 0.338 e. The van der Waals surface area contributed by atoms with Gasteiger partial charge in [-0.3, -0.25) is 4.90 Å². The Morgan fingerprint density at radius 3 is 2.59 bits per heavy atom. The zero-order valence-corrected chi connectivity index (χ0v) is 11.2. The molecule has 2 unspecified atom stereocenters. The lowest BCUT2D eigenvalue weighted by molar-refractivity contribution is -0.162. The van der Waals surface area contributed by atoms with Crippen LogP contribution in [0.5, 0.6) is 0 Å². The van der Waals surface area contributed by atoms with Crippen LogP contribution in [0, 0.1) is 0 Å². The third-order valence-corrected chi connectivity index (χ3v) is 4.76. The van der Waals surface area contributed by atoms with Gasteiger partial charge in [-0.15, -0.1) is 0 Å². The van der Waals surface area contributed by atoms with Crippen LogP contribution in [-0.2, 0) is 19.4 Å². The SMILES string of the molecule is COC(=O)C(C)(O)CN(C)C1CCS(=O)(=O)C1. The molecule has 0 aromatic rings. The number of hydrogen-bond acceptors (Lipinski definition) is 6. The number of ether oxygens (including phenoxy) is 1. The van der Waals surface area contributed by atoms with E-state index in [0.717, 1.165) is 0 Å². The van der Waals surface area contributed by atoms with Crippen molar-refractivity contribution < 1.29 is 23.1 Å². The first-order chi connectivity index (χ1) is 7.68. The van der Waals surface area contributed by atoms with Crippen LogP contribution in [0.4, 0.5) is 0 Å². The number of rotatable bonds is 4. The van der Waals surface area contributed by atoms with E-state index in [4.69, 9.17) is 0 Å². The van der Waals surface area contributed by atoms with Crippen LogP contribution in [0.1, 0.15) is 13.3 Å². The molecule has 1 aliphatic rings. The van der Waals surface area contributed by atoms with Crippen molar-refractivity contribution in [1.82, 2.24) is 4.90 Å². The number of carbonyl (C=O) groups excluding carboxylic acids is 1. The predicted octanol–water partition coefficient (Wildman–Crippen LogP) is -0.971. The maximum absolute atomic E-state index is 11.3. The van der Waals surface area contributed by atoms with Gasteiger partial charge in [-0.05, 0) is 20.4 Å². The van der Waals surface area contributed by atoms with Crippen LogP contribution in [0.25, 0.3) is 0 Å². The zero-order chi connectivity index (χ0) is 13.3. The molecule has 0 aromatic carbocycles. The van der Waals surface area contributed by atoms with E-state index < -0.39 is 21.4 Å². The normalized spacial score (nSPS) is 26.8. The molecular weight excluding hydrogens is 246 g/mol. The second-order valence-corrected chi connectivity index (χ2v) is 6.97. The summed E-state index contributed by atoms with van der Waals surface area (Å²) in [5.74, 6) is -0.464. The number of esters is 1. The molecule has 1 rings (SSSR count). The van der Waals surface area contributed by atoms with Gasteiger partial charge >= 0.3 is 5.97 Å². The average Bonchev–Trinajstić information content (AvgIpc) is 2.57. The van der Waals surface area contributed by atoms with Gasteiger partial charge in [0.2, 0.25) is 0 Å². The van der Waals surface area contributed by atoms with Crippen molar-refractivity contribution in [3.63, 3.8) is 0 Å². The largest absolute Gasteiger partial charge is 0.467 e. The monoisotopic (exact) mass is 265 g/mol. The highest BCUT2D eigenvalue weighted by Gasteiger charge is 2.37. The Kier molecular flexibility index (Phi) is 4.16. The summed E-state index contributed by atoms with van der Waals surface area (Å²) in [7, 11) is -0.0588. The summed E-state index contributed by atoms with van der Waals surface area (Å²) in [5, 5.41) is 9.88. The summed E-state index contributed by atoms with van der Waals surface area (Å²) in [4.78, 5) is 13.0. The summed E-state index contributed by atoms with van der Waals surface area (Å²) in [6, 6.07) is -0.142. The Labute approximate surface area is 101 Å². The van der Waals surface area contributed by atoms with Gasteiger partial charge in [-0.2, -0.15) is 0 Å². The molecule has 0 saturated carbocycles. The van der Waals surface area contributed by atoms with Crippen molar-refractivity contribution in [2.45, 2.75) is 25.0 Å². The molecule has 100 valence electrons. The molecule has 0 aromatic heterocycles. The highest BCUT2D eigenvalue weighted by atomic mass is 32.2. The van der Waals surface area contributed by atoms with Crippen LogP contribution >= 0.6 is 0 Å². The van der Waals surface area contributed by atoms with E-state index in [9.17, 15) is 18.3 Å². The fourth-order valence-corrected chi connectivity index (χ4v) is 3.83. The van der Waals surface area contributed by atoms with Crippen molar-refractivity contribution >= 4 is 15.8 Å². The highest BCUT2D eigenvalue weighted by molar-refractivity contribution is 7.91. The number of likely N-dealkylation sites (N-methyl/N-ethyl adjacent to an activating group) is 1. The minimum atomic E-state index is -2.96. The predicted molar refractivity (Wildman–Crippen MR) is 62.3 cm³/mol. The summed E-state index contributed by atoms with van der Waals surface area (Å²) in [5.41, 5.74) is -1.62. The first kappa shape index (κ1) is 14.4. The maximum atomic E-state index is 11.3. The number of sulfone groups is 1. The van der Waals surface area contributed by atoms with E-state index in [-0.39, 0.29) is 24.1 Å². The van der Waals surface area contributed by atoms with Crippen LogP contribution in [0.2, 0.25) is 0 Å². The number of aliphatic hydroxyl groups is 1. The molecular formula is C10H19NO5S. The number of hydrogen-bond donors (Lipinski definition) is 1. The van der Waals surface area contributed by atoms with Gasteiger partial charge in [0.05, 0.1) is 18.6 Å². The Hall–Kier alpha value is -0.660. The van der Waals surface area contributed by atoms with E-state index in [1.165, 1.54) is 14.0 Å². The van der Waals surface area contributed by atoms with Gasteiger partial charge < -0.3 is 9.84 Å². The minimum absolute atomic E-state index is 0.0554. The highest BCUT2D eigenvalue weighted by Crippen LogP contribution is 2.19. The van der Waals surface area contributed by atoms with E-state index >= 15 is 0 Å². The summed E-state index contributed by atoms with van der Waals surface area (Å²) in [6.45, 7) is 1.42. The van der Waals surface area contributed by atoms with E-state index in [0.29, 0.717) is 6.42 Å². The third-order valence-electron chi connectivity index (χ3n) is 3.01. The molecule has 6 nitrogen and oxygen atoms in total. The van der Waals surface area contributed by atoms with E-state index in [1.807, 2.05) is 0 Å². The fourth-order valence-electron chi connectivity index (χ4n) is 2.02. The quantitative estimate of drug-likeness (QED) is 0.658. The lowest BCUT2D eigenvalue weighted by Crippen LogP contribution is -2.49. The second-order valence-electron chi connectivity index (χ2n) is 4.74. The molecule has 1 heterocycles. The molecule has 1 N–H and O–H groups in total. The van der Waals surface area contributed by atoms with Gasteiger partial charge in [-0.25, -0.2) is 13.2 Å². The van der Waals surface area contributed by atoms with Crippen molar-refractivity contribution in [3.05, 3.63) is 0 Å². The Balaban J connectivity index is 2.61. The second kappa shape index (κ2) is 4.91. The topological polar surface area (TPSA) is 83.9 Å². The first-order valence-electron chi connectivity index (χ1n) is 5.39. The van der Waals surface area contributed by atoms with Gasteiger partial charge in [0.25, 0.3) is 0 Å². The molecule has 7 heteroatoms. The van der Waals surface area contributed by atoms with Gasteiger partial charge in [0.15, 0.2) is 15.4 Å². The average molecular weight is 265 g/mol. The third kappa shape index (κ3) is 3.65. The van der Waals surface area contributed by atoms with Crippen LogP contribution in [0.15, 0.2) is 0 Å². The summed E-state index contributed by atoms with van der Waals surface area (Å²) in [6.07, 6.45) is 0.538. The van der Waals surface area contributed by atoms with Crippen LogP contribution in [-0.4, -0.2) is 68.2 Å². The van der Waals surface area contributed by atoms with Crippen molar-refractivity contribution in [3.8, 4) is 0 Å². The summed E-state index contributed by atoms with van der Waals surface area (Å²) >= 11 is 0. The molecule has 1 saturated heterocycles. The van der Waals surface area contributed by atoms with Gasteiger partial charge in [-0.1, -0.05) is 0 Å². The smallest absolute Gasteiger partial charge is 0.338 e. The molecule has 0 amide bonds. The lowest BCUT2D eigenvalue weighted by atomic mass is 10.1. The Morgan fingerprint density at radius 2 is 2.18 bits per heavy atom. The Morgan fingerprint density at radius 1 is 1.59 bits per heavy atom. The molecule has 1 fully saturated rings. The molecule has 17 heavy (non-hydrogen) atoms. The zero-order valence-electron chi connectivity index (χ0n) is 10.3. The van der Waals surface area contributed by atoms with Gasteiger partial charge in [0, 0.05) is 12.6 Å². The first-order valence-corrected chi connectivity index (χ1v) is 7.21. The number of nitrogens with zero attached hydrogens (tertiary/aromatic N) is 1. The standard InChI is InChI=1S/C10H19NO5S/c1-10(13,9(12)16-3)7-11(2)8-4-5-17(14,15)6-8/h8,13H,4-7H2,1-3H3. The lowest BCUT2D eigenvalue weighted by Gasteiger charge is -2.30. The molecule has 0 radical (unpaired) electrons. The molecule has 0 spiro atoms. The molecule has 1 aliphatic heterocycles. The van der Waals surface area contributed by atoms with Crippen molar-refractivity contribution in [2.75, 3.05) is 32.2 Å². The van der Waals surface area contributed by atoms with E-state index in [2.05, 4.69) is 4.74 Å². The Bertz CT molecular complexity index is 390. The van der Waals surface area contributed by atoms with Crippen molar-refractivity contribution in [1.29, 1.82) is 0 Å².